The molecule has 0 saturated heterocycles. The number of nitrogens with one attached hydrogen (secondary N) is 1. The molecule has 0 fully saturated rings. The molecule has 0 heterocycles. The van der Waals surface area contributed by atoms with Gasteiger partial charge in [0, 0.05) is 10.5 Å². The fourth-order valence-electron chi connectivity index (χ4n) is 1.87. The van der Waals surface area contributed by atoms with Gasteiger partial charge >= 0.3 is 0 Å². The van der Waals surface area contributed by atoms with Gasteiger partial charge in [-0.3, -0.25) is 0 Å². The predicted molar refractivity (Wildman–Crippen MR) is 79.6 cm³/mol. The largest absolute Gasteiger partial charge is 0.310 e. The zero-order chi connectivity index (χ0) is 12.7. The Morgan fingerprint density at radius 1 is 1.53 bits per heavy atom. The van der Waals surface area contributed by atoms with Gasteiger partial charge in [0.2, 0.25) is 0 Å². The van der Waals surface area contributed by atoms with E-state index in [-0.39, 0.29) is 0 Å². The van der Waals surface area contributed by atoms with Gasteiger partial charge in [-0.05, 0) is 53.4 Å². The number of hydrogen-bond donors (Lipinski definition) is 1. The lowest BCUT2D eigenvalue weighted by molar-refractivity contribution is 0.500. The van der Waals surface area contributed by atoms with Crippen LogP contribution in [0.1, 0.15) is 37.8 Å². The molecule has 1 nitrogen and oxygen atoms in total. The van der Waals surface area contributed by atoms with Crippen molar-refractivity contribution in [2.24, 2.45) is 0 Å². The van der Waals surface area contributed by atoms with E-state index in [1.807, 2.05) is 18.2 Å². The van der Waals surface area contributed by atoms with Gasteiger partial charge in [0.1, 0.15) is 0 Å². The average molecular weight is 317 g/mol. The van der Waals surface area contributed by atoms with Crippen molar-refractivity contribution < 1.29 is 0 Å². The summed E-state index contributed by atoms with van der Waals surface area (Å²) in [6.45, 7) is 6.82. The van der Waals surface area contributed by atoms with E-state index >= 15 is 0 Å². The van der Waals surface area contributed by atoms with Gasteiger partial charge in [-0.15, -0.1) is 6.58 Å². The Morgan fingerprint density at radius 2 is 2.29 bits per heavy atom. The van der Waals surface area contributed by atoms with E-state index < -0.39 is 0 Å². The molecule has 3 heteroatoms. The highest BCUT2D eigenvalue weighted by Gasteiger charge is 2.14. The molecule has 0 aliphatic rings. The molecule has 17 heavy (non-hydrogen) atoms. The van der Waals surface area contributed by atoms with Crippen LogP contribution in [0.2, 0.25) is 5.02 Å². The van der Waals surface area contributed by atoms with Crippen molar-refractivity contribution in [2.75, 3.05) is 6.54 Å². The van der Waals surface area contributed by atoms with Gasteiger partial charge in [-0.1, -0.05) is 36.7 Å². The highest BCUT2D eigenvalue weighted by atomic mass is 79.9. The summed E-state index contributed by atoms with van der Waals surface area (Å²) in [5.74, 6) is 0. The van der Waals surface area contributed by atoms with Gasteiger partial charge in [0.25, 0.3) is 0 Å². The minimum absolute atomic E-state index is 0.324. The molecule has 1 rings (SSSR count). The van der Waals surface area contributed by atoms with Gasteiger partial charge in [0.15, 0.2) is 0 Å². The van der Waals surface area contributed by atoms with Crippen LogP contribution in [-0.2, 0) is 0 Å². The maximum absolute atomic E-state index is 6.33. The van der Waals surface area contributed by atoms with Crippen LogP contribution in [0.25, 0.3) is 0 Å². The summed E-state index contributed by atoms with van der Waals surface area (Å²) in [5.41, 5.74) is 1.17. The highest BCUT2D eigenvalue weighted by molar-refractivity contribution is 9.10. The lowest BCUT2D eigenvalue weighted by atomic mass is 10.0. The summed E-state index contributed by atoms with van der Waals surface area (Å²) in [6.07, 6.45) is 5.22. The SMILES string of the molecule is C=CCCCC(NCC)c1cccc(Br)c1Cl. The Morgan fingerprint density at radius 3 is 2.94 bits per heavy atom. The lowest BCUT2D eigenvalue weighted by Crippen LogP contribution is -2.21. The van der Waals surface area contributed by atoms with Crippen molar-refractivity contribution in [1.29, 1.82) is 0 Å². The molecule has 94 valence electrons. The maximum Gasteiger partial charge on any atom is 0.0595 e. The highest BCUT2D eigenvalue weighted by Crippen LogP contribution is 2.32. The second kappa shape index (κ2) is 7.91. The van der Waals surface area contributed by atoms with E-state index in [0.29, 0.717) is 6.04 Å². The zero-order valence-corrected chi connectivity index (χ0v) is 12.5. The van der Waals surface area contributed by atoms with E-state index in [4.69, 9.17) is 11.6 Å². The Hall–Kier alpha value is -0.310. The fourth-order valence-corrected chi connectivity index (χ4v) is 2.51. The van der Waals surface area contributed by atoms with Crippen LogP contribution in [0.3, 0.4) is 0 Å². The summed E-state index contributed by atoms with van der Waals surface area (Å²) in [4.78, 5) is 0. The summed E-state index contributed by atoms with van der Waals surface area (Å²) in [5, 5.41) is 4.30. The topological polar surface area (TPSA) is 12.0 Å². The minimum Gasteiger partial charge on any atom is -0.310 e. The second-order valence-electron chi connectivity index (χ2n) is 3.97. The number of unbranched alkanes of at least 4 members (excludes halogenated alkanes) is 1. The van der Waals surface area contributed by atoms with Crippen LogP contribution in [0.5, 0.6) is 0 Å². The molecule has 0 saturated carbocycles. The van der Waals surface area contributed by atoms with Crippen molar-refractivity contribution >= 4 is 27.5 Å². The molecule has 1 aromatic rings. The van der Waals surface area contributed by atoms with Gasteiger partial charge in [-0.25, -0.2) is 0 Å². The Bertz CT molecular complexity index is 365. The second-order valence-corrected chi connectivity index (χ2v) is 5.21. The standard InChI is InChI=1S/C14H19BrClN/c1-3-5-6-10-13(17-4-2)11-8-7-9-12(15)14(11)16/h3,7-9,13,17H,1,4-6,10H2,2H3. The normalized spacial score (nSPS) is 12.4. The molecule has 0 aliphatic carbocycles. The number of halogens is 2. The van der Waals surface area contributed by atoms with Crippen LogP contribution in [0.15, 0.2) is 35.3 Å². The van der Waals surface area contributed by atoms with Crippen molar-refractivity contribution in [2.45, 2.75) is 32.2 Å². The molecule has 0 bridgehead atoms. The fraction of sp³-hybridized carbons (Fsp3) is 0.429. The molecule has 1 unspecified atom stereocenters. The zero-order valence-electron chi connectivity index (χ0n) is 10.2. The van der Waals surface area contributed by atoms with E-state index in [1.54, 1.807) is 0 Å². The maximum atomic E-state index is 6.33. The molecule has 1 N–H and O–H groups in total. The Balaban J connectivity index is 2.81. The molecule has 0 amide bonds. The molecule has 0 radical (unpaired) electrons. The predicted octanol–water partition coefficient (Wildman–Crippen LogP) is 5.11. The first-order chi connectivity index (χ1) is 8.20. The lowest BCUT2D eigenvalue weighted by Gasteiger charge is -2.19. The van der Waals surface area contributed by atoms with Crippen LogP contribution >= 0.6 is 27.5 Å². The minimum atomic E-state index is 0.324. The van der Waals surface area contributed by atoms with Crippen LogP contribution in [0.4, 0.5) is 0 Å². The van der Waals surface area contributed by atoms with Gasteiger partial charge in [0.05, 0.1) is 5.02 Å². The van der Waals surface area contributed by atoms with Crippen LogP contribution in [-0.4, -0.2) is 6.54 Å². The van der Waals surface area contributed by atoms with Gasteiger partial charge in [-0.2, -0.15) is 0 Å². The first-order valence-corrected chi connectivity index (χ1v) is 7.16. The van der Waals surface area contributed by atoms with E-state index in [0.717, 1.165) is 35.3 Å². The molecule has 1 atom stereocenters. The van der Waals surface area contributed by atoms with Crippen molar-refractivity contribution in [3.8, 4) is 0 Å². The van der Waals surface area contributed by atoms with Crippen LogP contribution in [0, 0.1) is 0 Å². The summed E-state index contributed by atoms with van der Waals surface area (Å²) < 4.78 is 0.961. The number of rotatable bonds is 7. The third-order valence-electron chi connectivity index (χ3n) is 2.71. The molecule has 1 aromatic carbocycles. The van der Waals surface area contributed by atoms with Crippen LogP contribution < -0.4 is 5.32 Å². The van der Waals surface area contributed by atoms with Gasteiger partial charge < -0.3 is 5.32 Å². The first kappa shape index (κ1) is 14.7. The summed E-state index contributed by atoms with van der Waals surface area (Å²) >= 11 is 9.80. The third-order valence-corrected chi connectivity index (χ3v) is 4.02. The van der Waals surface area contributed by atoms with Crippen molar-refractivity contribution in [3.05, 3.63) is 45.9 Å². The molecule has 0 aromatic heterocycles. The van der Waals surface area contributed by atoms with E-state index in [1.165, 1.54) is 5.56 Å². The Kier molecular flexibility index (Phi) is 6.86. The quantitative estimate of drug-likeness (QED) is 0.544. The van der Waals surface area contributed by atoms with E-state index in [2.05, 4.69) is 40.8 Å². The molecular formula is C14H19BrClN. The smallest absolute Gasteiger partial charge is 0.0595 e. The van der Waals surface area contributed by atoms with Crippen molar-refractivity contribution in [3.63, 3.8) is 0 Å². The summed E-state index contributed by atoms with van der Waals surface area (Å²) in [6, 6.07) is 6.42. The molecule has 0 spiro atoms. The van der Waals surface area contributed by atoms with Crippen molar-refractivity contribution in [1.82, 2.24) is 5.32 Å². The molecule has 0 aliphatic heterocycles. The summed E-state index contributed by atoms with van der Waals surface area (Å²) in [7, 11) is 0. The molecular weight excluding hydrogens is 298 g/mol. The monoisotopic (exact) mass is 315 g/mol. The Labute approximate surface area is 117 Å². The number of benzene rings is 1. The van der Waals surface area contributed by atoms with E-state index in [9.17, 15) is 0 Å². The number of hydrogen-bond acceptors (Lipinski definition) is 1. The first-order valence-electron chi connectivity index (χ1n) is 5.98. The average Bonchev–Trinajstić information content (AvgIpc) is 2.32. The third kappa shape index (κ3) is 4.46. The number of allylic oxidation sites excluding steroid dienone is 1.